The van der Waals surface area contributed by atoms with E-state index < -0.39 is 0 Å². The predicted molar refractivity (Wildman–Crippen MR) is 107 cm³/mol. The summed E-state index contributed by atoms with van der Waals surface area (Å²) in [6, 6.07) is 14.8. The highest BCUT2D eigenvalue weighted by Crippen LogP contribution is 2.29. The van der Waals surface area contributed by atoms with E-state index in [-0.39, 0.29) is 11.8 Å². The van der Waals surface area contributed by atoms with Gasteiger partial charge in [-0.05, 0) is 65.2 Å². The monoisotopic (exact) mass is 445 g/mol. The Morgan fingerprint density at radius 1 is 1.19 bits per heavy atom. The number of rotatable bonds is 3. The number of hydrogen-bond acceptors (Lipinski definition) is 4. The quantitative estimate of drug-likeness (QED) is 0.557. The Hall–Kier alpha value is -2.18. The summed E-state index contributed by atoms with van der Waals surface area (Å²) in [5, 5.41) is 4.76. The molecule has 0 bridgehead atoms. The van der Waals surface area contributed by atoms with Crippen molar-refractivity contribution >= 4 is 33.4 Å². The molecule has 1 fully saturated rings. The molecule has 27 heavy (non-hydrogen) atoms. The lowest BCUT2D eigenvalue weighted by molar-refractivity contribution is 0.0694. The van der Waals surface area contributed by atoms with E-state index in [1.54, 1.807) is 12.1 Å². The standard InChI is InChI=1S/C20H17BrClN3O2/c21-17-6-2-1-5-16(17)20(26)25-11-3-4-14(12-25)19-23-18(24-27-19)13-7-9-15(22)10-8-13/h1-2,5-10,14H,3-4,11-12H2. The van der Waals surface area contributed by atoms with Gasteiger partial charge < -0.3 is 9.42 Å². The molecule has 3 aromatic rings. The van der Waals surface area contributed by atoms with Crippen LogP contribution in [0, 0.1) is 0 Å². The largest absolute Gasteiger partial charge is 0.339 e. The van der Waals surface area contributed by atoms with Crippen LogP contribution in [0.15, 0.2) is 57.5 Å². The molecule has 138 valence electrons. The summed E-state index contributed by atoms with van der Waals surface area (Å²) in [5.74, 6) is 1.17. The Morgan fingerprint density at radius 3 is 2.74 bits per heavy atom. The van der Waals surface area contributed by atoms with E-state index in [9.17, 15) is 4.79 Å². The van der Waals surface area contributed by atoms with E-state index in [1.807, 2.05) is 41.3 Å². The molecule has 7 heteroatoms. The van der Waals surface area contributed by atoms with Crippen LogP contribution in [0.5, 0.6) is 0 Å². The van der Waals surface area contributed by atoms with Crippen LogP contribution in [0.2, 0.25) is 5.02 Å². The van der Waals surface area contributed by atoms with Crippen molar-refractivity contribution in [3.63, 3.8) is 0 Å². The number of carbonyl (C=O) groups is 1. The first-order valence-electron chi connectivity index (χ1n) is 8.75. The van der Waals surface area contributed by atoms with E-state index in [1.165, 1.54) is 0 Å². The molecular weight excluding hydrogens is 430 g/mol. The third-order valence-electron chi connectivity index (χ3n) is 4.71. The third kappa shape index (κ3) is 3.92. The van der Waals surface area contributed by atoms with Crippen LogP contribution in [-0.2, 0) is 0 Å². The van der Waals surface area contributed by atoms with Gasteiger partial charge in [0.25, 0.3) is 5.91 Å². The maximum atomic E-state index is 12.9. The molecule has 2 aromatic carbocycles. The first-order valence-corrected chi connectivity index (χ1v) is 9.92. The summed E-state index contributed by atoms with van der Waals surface area (Å²) in [6.45, 7) is 1.30. The number of piperidine rings is 1. The molecule has 2 heterocycles. The predicted octanol–water partition coefficient (Wildman–Crippen LogP) is 5.17. The minimum atomic E-state index is 0.0182. The molecule has 0 radical (unpaired) electrons. The summed E-state index contributed by atoms with van der Waals surface area (Å²) in [5.41, 5.74) is 1.52. The normalized spacial score (nSPS) is 17.1. The first-order chi connectivity index (χ1) is 13.1. The summed E-state index contributed by atoms with van der Waals surface area (Å²) < 4.78 is 6.31. The zero-order valence-electron chi connectivity index (χ0n) is 14.4. The van der Waals surface area contributed by atoms with Crippen molar-refractivity contribution in [1.82, 2.24) is 15.0 Å². The van der Waals surface area contributed by atoms with Gasteiger partial charge in [-0.15, -0.1) is 0 Å². The lowest BCUT2D eigenvalue weighted by atomic mass is 9.97. The van der Waals surface area contributed by atoms with Crippen LogP contribution in [0.4, 0.5) is 0 Å². The first kappa shape index (κ1) is 18.2. The van der Waals surface area contributed by atoms with Crippen LogP contribution in [0.1, 0.15) is 35.0 Å². The lowest BCUT2D eigenvalue weighted by Gasteiger charge is -2.31. The highest BCUT2D eigenvalue weighted by molar-refractivity contribution is 9.10. The van der Waals surface area contributed by atoms with Crippen molar-refractivity contribution in [2.75, 3.05) is 13.1 Å². The van der Waals surface area contributed by atoms with Gasteiger partial charge in [-0.1, -0.05) is 28.9 Å². The molecule has 0 N–H and O–H groups in total. The van der Waals surface area contributed by atoms with Gasteiger partial charge in [-0.3, -0.25) is 4.79 Å². The Morgan fingerprint density at radius 2 is 1.96 bits per heavy atom. The second-order valence-electron chi connectivity index (χ2n) is 6.53. The number of hydrogen-bond donors (Lipinski definition) is 0. The van der Waals surface area contributed by atoms with Crippen molar-refractivity contribution in [2.24, 2.45) is 0 Å². The van der Waals surface area contributed by atoms with Crippen molar-refractivity contribution in [3.05, 3.63) is 69.5 Å². The number of benzene rings is 2. The fourth-order valence-electron chi connectivity index (χ4n) is 3.29. The van der Waals surface area contributed by atoms with E-state index in [2.05, 4.69) is 26.1 Å². The number of likely N-dealkylation sites (tertiary alicyclic amines) is 1. The molecule has 1 aliphatic heterocycles. The van der Waals surface area contributed by atoms with E-state index >= 15 is 0 Å². The van der Waals surface area contributed by atoms with Crippen LogP contribution < -0.4 is 0 Å². The molecule has 1 saturated heterocycles. The average Bonchev–Trinajstić information content (AvgIpc) is 3.19. The van der Waals surface area contributed by atoms with Gasteiger partial charge in [0.2, 0.25) is 11.7 Å². The molecule has 0 saturated carbocycles. The fourth-order valence-corrected chi connectivity index (χ4v) is 3.87. The highest BCUT2D eigenvalue weighted by atomic mass is 79.9. The smallest absolute Gasteiger partial charge is 0.255 e. The van der Waals surface area contributed by atoms with Gasteiger partial charge in [0.1, 0.15) is 0 Å². The molecule has 0 aliphatic carbocycles. The number of halogens is 2. The van der Waals surface area contributed by atoms with Crippen molar-refractivity contribution in [2.45, 2.75) is 18.8 Å². The lowest BCUT2D eigenvalue weighted by Crippen LogP contribution is -2.39. The van der Waals surface area contributed by atoms with Crippen LogP contribution >= 0.6 is 27.5 Å². The molecule has 1 aromatic heterocycles. The zero-order chi connectivity index (χ0) is 18.8. The molecule has 1 unspecified atom stereocenters. The minimum absolute atomic E-state index is 0.0182. The van der Waals surface area contributed by atoms with Crippen LogP contribution in [-0.4, -0.2) is 34.0 Å². The van der Waals surface area contributed by atoms with Crippen molar-refractivity contribution in [1.29, 1.82) is 0 Å². The Bertz CT molecular complexity index is 958. The Balaban J connectivity index is 1.51. The minimum Gasteiger partial charge on any atom is -0.339 e. The van der Waals surface area contributed by atoms with Gasteiger partial charge in [0.15, 0.2) is 0 Å². The number of nitrogens with zero attached hydrogens (tertiary/aromatic N) is 3. The summed E-state index contributed by atoms with van der Waals surface area (Å²) in [7, 11) is 0. The van der Waals surface area contributed by atoms with E-state index in [0.717, 1.165) is 29.4 Å². The van der Waals surface area contributed by atoms with Crippen molar-refractivity contribution in [3.8, 4) is 11.4 Å². The molecule has 4 rings (SSSR count). The molecule has 1 amide bonds. The maximum Gasteiger partial charge on any atom is 0.255 e. The number of amides is 1. The Labute approximate surface area is 170 Å². The van der Waals surface area contributed by atoms with Crippen molar-refractivity contribution < 1.29 is 9.32 Å². The molecular formula is C20H17BrClN3O2. The highest BCUT2D eigenvalue weighted by Gasteiger charge is 2.29. The van der Waals surface area contributed by atoms with E-state index in [4.69, 9.17) is 16.1 Å². The SMILES string of the molecule is O=C(c1ccccc1Br)N1CCCC(c2nc(-c3ccc(Cl)cc3)no2)C1. The zero-order valence-corrected chi connectivity index (χ0v) is 16.8. The maximum absolute atomic E-state index is 12.9. The van der Waals surface area contributed by atoms with Gasteiger partial charge >= 0.3 is 0 Å². The second kappa shape index (κ2) is 7.82. The van der Waals surface area contributed by atoms with Crippen LogP contribution in [0.25, 0.3) is 11.4 Å². The third-order valence-corrected chi connectivity index (χ3v) is 5.65. The topological polar surface area (TPSA) is 59.2 Å². The summed E-state index contributed by atoms with van der Waals surface area (Å²) >= 11 is 9.39. The van der Waals surface area contributed by atoms with Gasteiger partial charge in [-0.2, -0.15) is 4.98 Å². The van der Waals surface area contributed by atoms with Crippen LogP contribution in [0.3, 0.4) is 0 Å². The summed E-state index contributed by atoms with van der Waals surface area (Å²) in [4.78, 5) is 19.3. The molecule has 0 spiro atoms. The van der Waals surface area contributed by atoms with Gasteiger partial charge in [-0.25, -0.2) is 0 Å². The molecule has 1 atom stereocenters. The average molecular weight is 447 g/mol. The van der Waals surface area contributed by atoms with Gasteiger partial charge in [0, 0.05) is 28.1 Å². The summed E-state index contributed by atoms with van der Waals surface area (Å²) in [6.07, 6.45) is 1.82. The Kier molecular flexibility index (Phi) is 5.27. The van der Waals surface area contributed by atoms with Gasteiger partial charge in [0.05, 0.1) is 11.5 Å². The van der Waals surface area contributed by atoms with E-state index in [0.29, 0.717) is 28.8 Å². The molecule has 5 nitrogen and oxygen atoms in total. The molecule has 1 aliphatic rings. The number of carbonyl (C=O) groups excluding carboxylic acids is 1. The fraction of sp³-hybridized carbons (Fsp3) is 0.250. The second-order valence-corrected chi connectivity index (χ2v) is 7.82. The number of aromatic nitrogens is 2.